The maximum atomic E-state index is 10.9. The molecular formula is C20H17N3O3. The van der Waals surface area contributed by atoms with Crippen molar-refractivity contribution in [3.8, 4) is 5.75 Å². The molecule has 3 aromatic carbocycles. The first-order valence-corrected chi connectivity index (χ1v) is 8.01. The summed E-state index contributed by atoms with van der Waals surface area (Å²) in [6.07, 6.45) is 1.43. The van der Waals surface area contributed by atoms with E-state index < -0.39 is 4.92 Å². The van der Waals surface area contributed by atoms with E-state index in [0.717, 1.165) is 11.3 Å². The van der Waals surface area contributed by atoms with Crippen LogP contribution in [0, 0.1) is 10.1 Å². The Morgan fingerprint density at radius 1 is 1.00 bits per heavy atom. The van der Waals surface area contributed by atoms with Crippen molar-refractivity contribution in [2.75, 3.05) is 5.01 Å². The standard InChI is InChI=1S/C20H17N3O3/c24-20-12-11-19(23(25)26)13-17(20)14-21-22(18-9-5-2-6-10-18)15-16-7-3-1-4-8-16/h1-14,24H,15H2/b21-14+. The number of hydrogen-bond donors (Lipinski definition) is 1. The maximum absolute atomic E-state index is 10.9. The lowest BCUT2D eigenvalue weighted by atomic mass is 10.2. The zero-order chi connectivity index (χ0) is 18.4. The molecule has 3 rings (SSSR count). The number of hydrazone groups is 1. The second-order valence-corrected chi connectivity index (χ2v) is 5.62. The summed E-state index contributed by atoms with van der Waals surface area (Å²) in [5, 5.41) is 27.1. The molecule has 0 aromatic heterocycles. The molecule has 0 radical (unpaired) electrons. The van der Waals surface area contributed by atoms with Crippen molar-refractivity contribution in [3.63, 3.8) is 0 Å². The van der Waals surface area contributed by atoms with E-state index in [2.05, 4.69) is 5.10 Å². The monoisotopic (exact) mass is 347 g/mol. The highest BCUT2D eigenvalue weighted by molar-refractivity contribution is 5.85. The first kappa shape index (κ1) is 17.2. The van der Waals surface area contributed by atoms with Gasteiger partial charge in [0, 0.05) is 17.7 Å². The molecule has 26 heavy (non-hydrogen) atoms. The first-order valence-electron chi connectivity index (χ1n) is 8.01. The second kappa shape index (κ2) is 7.94. The number of aromatic hydroxyl groups is 1. The fraction of sp³-hybridized carbons (Fsp3) is 0.0500. The van der Waals surface area contributed by atoms with E-state index in [0.29, 0.717) is 6.54 Å². The number of phenols is 1. The third kappa shape index (κ3) is 4.24. The summed E-state index contributed by atoms with van der Waals surface area (Å²) < 4.78 is 0. The van der Waals surface area contributed by atoms with E-state index in [1.807, 2.05) is 60.7 Å². The summed E-state index contributed by atoms with van der Waals surface area (Å²) in [7, 11) is 0. The molecule has 0 fully saturated rings. The molecule has 3 aromatic rings. The minimum absolute atomic E-state index is 0.0629. The molecule has 0 amide bonds. The molecule has 0 aliphatic rings. The minimum Gasteiger partial charge on any atom is -0.507 e. The highest BCUT2D eigenvalue weighted by atomic mass is 16.6. The van der Waals surface area contributed by atoms with Crippen LogP contribution in [0.5, 0.6) is 5.75 Å². The van der Waals surface area contributed by atoms with Gasteiger partial charge < -0.3 is 5.11 Å². The molecule has 0 saturated carbocycles. The zero-order valence-electron chi connectivity index (χ0n) is 13.9. The average Bonchev–Trinajstić information content (AvgIpc) is 2.67. The van der Waals surface area contributed by atoms with Crippen LogP contribution in [0.3, 0.4) is 0 Å². The van der Waals surface area contributed by atoms with Crippen LogP contribution in [-0.4, -0.2) is 16.2 Å². The van der Waals surface area contributed by atoms with Crippen LogP contribution >= 0.6 is 0 Å². The SMILES string of the molecule is O=[N+]([O-])c1ccc(O)c(/C=N/N(Cc2ccccc2)c2ccccc2)c1. The lowest BCUT2D eigenvalue weighted by Crippen LogP contribution is -2.16. The summed E-state index contributed by atoms with van der Waals surface area (Å²) in [6.45, 7) is 0.525. The number of rotatable bonds is 6. The van der Waals surface area contributed by atoms with Crippen molar-refractivity contribution in [1.29, 1.82) is 0 Å². The number of nitro groups is 1. The molecular weight excluding hydrogens is 330 g/mol. The van der Waals surface area contributed by atoms with E-state index in [1.54, 1.807) is 5.01 Å². The fourth-order valence-corrected chi connectivity index (χ4v) is 2.45. The zero-order valence-corrected chi connectivity index (χ0v) is 13.9. The maximum Gasteiger partial charge on any atom is 0.270 e. The fourth-order valence-electron chi connectivity index (χ4n) is 2.45. The van der Waals surface area contributed by atoms with Gasteiger partial charge in [0.25, 0.3) is 5.69 Å². The smallest absolute Gasteiger partial charge is 0.270 e. The quantitative estimate of drug-likeness (QED) is 0.409. The molecule has 0 spiro atoms. The van der Waals surface area contributed by atoms with E-state index in [1.165, 1.54) is 24.4 Å². The van der Waals surface area contributed by atoms with Gasteiger partial charge in [0.2, 0.25) is 0 Å². The minimum atomic E-state index is -0.504. The van der Waals surface area contributed by atoms with Gasteiger partial charge in [-0.3, -0.25) is 15.1 Å². The number of para-hydroxylation sites is 1. The molecule has 0 aliphatic heterocycles. The van der Waals surface area contributed by atoms with Gasteiger partial charge in [-0.25, -0.2) is 0 Å². The third-order valence-electron chi connectivity index (χ3n) is 3.79. The van der Waals surface area contributed by atoms with E-state index in [9.17, 15) is 15.2 Å². The summed E-state index contributed by atoms with van der Waals surface area (Å²) in [4.78, 5) is 10.4. The number of anilines is 1. The Hall–Kier alpha value is -3.67. The normalized spacial score (nSPS) is 10.8. The van der Waals surface area contributed by atoms with E-state index in [-0.39, 0.29) is 17.0 Å². The number of nitrogens with zero attached hydrogens (tertiary/aromatic N) is 3. The molecule has 0 saturated heterocycles. The van der Waals surface area contributed by atoms with Crippen molar-refractivity contribution in [2.24, 2.45) is 5.10 Å². The lowest BCUT2D eigenvalue weighted by molar-refractivity contribution is -0.384. The highest BCUT2D eigenvalue weighted by Gasteiger charge is 2.10. The average molecular weight is 347 g/mol. The molecule has 6 heteroatoms. The van der Waals surface area contributed by atoms with Crippen molar-refractivity contribution in [2.45, 2.75) is 6.54 Å². The van der Waals surface area contributed by atoms with Gasteiger partial charge in [-0.05, 0) is 23.8 Å². The summed E-state index contributed by atoms with van der Waals surface area (Å²) in [6, 6.07) is 23.3. The predicted octanol–water partition coefficient (Wildman–Crippen LogP) is 4.34. The summed E-state index contributed by atoms with van der Waals surface area (Å²) >= 11 is 0. The summed E-state index contributed by atoms with van der Waals surface area (Å²) in [5.74, 6) is -0.0629. The third-order valence-corrected chi connectivity index (χ3v) is 3.79. The molecule has 130 valence electrons. The lowest BCUT2D eigenvalue weighted by Gasteiger charge is -2.19. The van der Waals surface area contributed by atoms with Gasteiger partial charge in [0.15, 0.2) is 0 Å². The Kier molecular flexibility index (Phi) is 5.24. The number of nitro benzene ring substituents is 1. The Bertz CT molecular complexity index is 912. The molecule has 0 bridgehead atoms. The molecule has 0 aliphatic carbocycles. The van der Waals surface area contributed by atoms with Crippen LogP contribution in [0.2, 0.25) is 0 Å². The molecule has 0 heterocycles. The van der Waals surface area contributed by atoms with Crippen molar-refractivity contribution in [1.82, 2.24) is 0 Å². The number of benzene rings is 3. The molecule has 6 nitrogen and oxygen atoms in total. The van der Waals surface area contributed by atoms with Crippen molar-refractivity contribution < 1.29 is 10.0 Å². The Balaban J connectivity index is 1.92. The van der Waals surface area contributed by atoms with Crippen LogP contribution in [0.1, 0.15) is 11.1 Å². The summed E-state index contributed by atoms with van der Waals surface area (Å²) in [5.41, 5.74) is 2.13. The number of non-ortho nitro benzene ring substituents is 1. The van der Waals surface area contributed by atoms with Gasteiger partial charge in [-0.1, -0.05) is 48.5 Å². The van der Waals surface area contributed by atoms with Crippen LogP contribution in [-0.2, 0) is 6.54 Å². The predicted molar refractivity (Wildman–Crippen MR) is 101 cm³/mol. The van der Waals surface area contributed by atoms with E-state index in [4.69, 9.17) is 0 Å². The van der Waals surface area contributed by atoms with Crippen molar-refractivity contribution >= 4 is 17.6 Å². The number of hydrogen-bond acceptors (Lipinski definition) is 5. The second-order valence-electron chi connectivity index (χ2n) is 5.62. The van der Waals surface area contributed by atoms with E-state index >= 15 is 0 Å². The van der Waals surface area contributed by atoms with Gasteiger partial charge in [0.05, 0.1) is 23.4 Å². The number of phenolic OH excluding ortho intramolecular Hbond substituents is 1. The largest absolute Gasteiger partial charge is 0.507 e. The van der Waals surface area contributed by atoms with Gasteiger partial charge in [-0.15, -0.1) is 0 Å². The molecule has 0 atom stereocenters. The van der Waals surface area contributed by atoms with Gasteiger partial charge in [-0.2, -0.15) is 5.10 Å². The Morgan fingerprint density at radius 2 is 1.65 bits per heavy atom. The van der Waals surface area contributed by atoms with Crippen molar-refractivity contribution in [3.05, 3.63) is 100 Å². The topological polar surface area (TPSA) is 79.0 Å². The molecule has 0 unspecified atom stereocenters. The van der Waals surface area contributed by atoms with Crippen LogP contribution in [0.15, 0.2) is 84.0 Å². The van der Waals surface area contributed by atoms with Gasteiger partial charge in [0.1, 0.15) is 5.75 Å². The van der Waals surface area contributed by atoms with Crippen LogP contribution < -0.4 is 5.01 Å². The van der Waals surface area contributed by atoms with Crippen LogP contribution in [0.4, 0.5) is 11.4 Å². The van der Waals surface area contributed by atoms with Crippen LogP contribution in [0.25, 0.3) is 0 Å². The highest BCUT2D eigenvalue weighted by Crippen LogP contribution is 2.22. The molecule has 1 N–H and O–H groups in total. The first-order chi connectivity index (χ1) is 12.6. The Morgan fingerprint density at radius 3 is 2.31 bits per heavy atom. The Labute approximate surface area is 150 Å². The van der Waals surface area contributed by atoms with Gasteiger partial charge >= 0.3 is 0 Å².